The summed E-state index contributed by atoms with van der Waals surface area (Å²) >= 11 is 0. The van der Waals surface area contributed by atoms with E-state index in [1.165, 1.54) is 0 Å². The molecule has 0 N–H and O–H groups in total. The zero-order chi connectivity index (χ0) is 14.5. The highest BCUT2D eigenvalue weighted by molar-refractivity contribution is 5.99. The summed E-state index contributed by atoms with van der Waals surface area (Å²) in [4.78, 5) is 14.2. The third-order valence-corrected chi connectivity index (χ3v) is 3.07. The third kappa shape index (κ3) is 3.38. The van der Waals surface area contributed by atoms with Crippen LogP contribution < -0.4 is 9.64 Å². The molecule has 0 spiro atoms. The second-order valence-corrected chi connectivity index (χ2v) is 4.88. The molecule has 0 saturated carbocycles. The normalized spacial score (nSPS) is 11.8. The van der Waals surface area contributed by atoms with Gasteiger partial charge in [-0.05, 0) is 19.1 Å². The molecule has 3 heteroatoms. The predicted molar refractivity (Wildman–Crippen MR) is 81.6 cm³/mol. The Balaban J connectivity index is 2.10. The number of rotatable bonds is 5. The van der Waals surface area contributed by atoms with E-state index in [2.05, 4.69) is 0 Å². The minimum absolute atomic E-state index is 0.0131. The summed E-state index contributed by atoms with van der Waals surface area (Å²) in [5.74, 6) is 0.689. The Morgan fingerprint density at radius 1 is 1.05 bits per heavy atom. The van der Waals surface area contributed by atoms with Gasteiger partial charge in [0.1, 0.15) is 5.75 Å². The summed E-state index contributed by atoms with van der Waals surface area (Å²) in [5.41, 5.74) is 1.71. The number of ether oxygens (including phenoxy) is 1. The summed E-state index contributed by atoms with van der Waals surface area (Å²) in [5, 5.41) is 0. The molecule has 1 atom stereocenters. The highest BCUT2D eigenvalue weighted by Crippen LogP contribution is 2.21. The predicted octanol–water partition coefficient (Wildman–Crippen LogP) is 3.40. The molecule has 0 fully saturated rings. The first-order valence-corrected chi connectivity index (χ1v) is 6.61. The number of carbonyl (C=O) groups is 1. The summed E-state index contributed by atoms with van der Waals surface area (Å²) in [7, 11) is 3.94. The van der Waals surface area contributed by atoms with Crippen molar-refractivity contribution in [2.45, 2.75) is 13.0 Å². The lowest BCUT2D eigenvalue weighted by Crippen LogP contribution is -2.24. The van der Waals surface area contributed by atoms with Gasteiger partial charge < -0.3 is 9.64 Å². The van der Waals surface area contributed by atoms with Gasteiger partial charge in [0.25, 0.3) is 0 Å². The zero-order valence-corrected chi connectivity index (χ0v) is 12.0. The van der Waals surface area contributed by atoms with Crippen molar-refractivity contribution in [1.29, 1.82) is 0 Å². The van der Waals surface area contributed by atoms with Gasteiger partial charge >= 0.3 is 0 Å². The molecule has 0 aromatic heterocycles. The van der Waals surface area contributed by atoms with Crippen molar-refractivity contribution in [3.05, 3.63) is 60.2 Å². The monoisotopic (exact) mass is 269 g/mol. The van der Waals surface area contributed by atoms with Gasteiger partial charge in [-0.2, -0.15) is 0 Å². The lowest BCUT2D eigenvalue weighted by molar-refractivity contribution is 0.0818. The van der Waals surface area contributed by atoms with E-state index >= 15 is 0 Å². The number of Topliss-reactive ketones (excluding diaryl/α,β-unsaturated/α-hetero) is 1. The summed E-state index contributed by atoms with van der Waals surface area (Å²) < 4.78 is 5.75. The Morgan fingerprint density at radius 2 is 1.75 bits per heavy atom. The van der Waals surface area contributed by atoms with Crippen LogP contribution in [0.15, 0.2) is 54.6 Å². The number of ketones is 1. The SMILES string of the molecule is CC(Oc1cccc(N(C)C)c1)C(=O)c1ccccc1. The van der Waals surface area contributed by atoms with E-state index < -0.39 is 6.10 Å². The Hall–Kier alpha value is -2.29. The molecular weight excluding hydrogens is 250 g/mol. The van der Waals surface area contributed by atoms with Gasteiger partial charge in [0, 0.05) is 31.4 Å². The van der Waals surface area contributed by atoms with Crippen molar-refractivity contribution in [2.24, 2.45) is 0 Å². The molecule has 0 saturated heterocycles. The molecule has 104 valence electrons. The van der Waals surface area contributed by atoms with Crippen LogP contribution in [0.1, 0.15) is 17.3 Å². The zero-order valence-electron chi connectivity index (χ0n) is 12.0. The number of carbonyl (C=O) groups excluding carboxylic acids is 1. The molecule has 0 bridgehead atoms. The van der Waals surface area contributed by atoms with Crippen molar-refractivity contribution in [3.63, 3.8) is 0 Å². The maximum atomic E-state index is 12.2. The van der Waals surface area contributed by atoms with Gasteiger partial charge in [-0.1, -0.05) is 36.4 Å². The summed E-state index contributed by atoms with van der Waals surface area (Å²) in [6.45, 7) is 1.78. The van der Waals surface area contributed by atoms with Crippen LogP contribution in [-0.2, 0) is 0 Å². The minimum atomic E-state index is -0.505. The van der Waals surface area contributed by atoms with Gasteiger partial charge in [0.2, 0.25) is 5.78 Å². The Labute approximate surface area is 119 Å². The van der Waals surface area contributed by atoms with E-state index in [0.717, 1.165) is 5.69 Å². The lowest BCUT2D eigenvalue weighted by Gasteiger charge is -2.17. The number of hydrogen-bond acceptors (Lipinski definition) is 3. The maximum Gasteiger partial charge on any atom is 0.202 e. The molecule has 0 amide bonds. The molecule has 2 aromatic rings. The standard InChI is InChI=1S/C17H19NO2/c1-13(17(19)14-8-5-4-6-9-14)20-16-11-7-10-15(12-16)18(2)3/h4-13H,1-3H3. The van der Waals surface area contributed by atoms with E-state index in [-0.39, 0.29) is 5.78 Å². The first-order chi connectivity index (χ1) is 9.58. The second-order valence-electron chi connectivity index (χ2n) is 4.88. The van der Waals surface area contributed by atoms with Crippen LogP contribution in [-0.4, -0.2) is 26.0 Å². The van der Waals surface area contributed by atoms with Crippen molar-refractivity contribution < 1.29 is 9.53 Å². The molecule has 20 heavy (non-hydrogen) atoms. The summed E-state index contributed by atoms with van der Waals surface area (Å²) in [6, 6.07) is 16.9. The van der Waals surface area contributed by atoms with Gasteiger partial charge in [-0.3, -0.25) is 4.79 Å². The third-order valence-electron chi connectivity index (χ3n) is 3.07. The molecule has 2 rings (SSSR count). The fraction of sp³-hybridized carbons (Fsp3) is 0.235. The minimum Gasteiger partial charge on any atom is -0.482 e. The molecule has 3 nitrogen and oxygen atoms in total. The van der Waals surface area contributed by atoms with Crippen molar-refractivity contribution in [1.82, 2.24) is 0 Å². The number of hydrogen-bond donors (Lipinski definition) is 0. The average molecular weight is 269 g/mol. The molecule has 0 radical (unpaired) electrons. The number of anilines is 1. The first-order valence-electron chi connectivity index (χ1n) is 6.61. The van der Waals surface area contributed by atoms with Gasteiger partial charge in [0.05, 0.1) is 0 Å². The fourth-order valence-corrected chi connectivity index (χ4v) is 1.93. The lowest BCUT2D eigenvalue weighted by atomic mass is 10.1. The highest BCUT2D eigenvalue weighted by Gasteiger charge is 2.16. The Bertz CT molecular complexity index is 579. The van der Waals surface area contributed by atoms with Crippen LogP contribution in [0.3, 0.4) is 0 Å². The molecular formula is C17H19NO2. The smallest absolute Gasteiger partial charge is 0.202 e. The van der Waals surface area contributed by atoms with E-state index in [1.807, 2.05) is 61.5 Å². The van der Waals surface area contributed by atoms with Crippen LogP contribution in [0, 0.1) is 0 Å². The van der Waals surface area contributed by atoms with Crippen LogP contribution in [0.4, 0.5) is 5.69 Å². The largest absolute Gasteiger partial charge is 0.482 e. The average Bonchev–Trinajstić information content (AvgIpc) is 2.47. The topological polar surface area (TPSA) is 29.5 Å². The molecule has 0 heterocycles. The highest BCUT2D eigenvalue weighted by atomic mass is 16.5. The molecule has 1 unspecified atom stereocenters. The van der Waals surface area contributed by atoms with E-state index in [4.69, 9.17) is 4.74 Å². The second kappa shape index (κ2) is 6.24. The number of benzene rings is 2. The van der Waals surface area contributed by atoms with E-state index in [9.17, 15) is 4.79 Å². The Kier molecular flexibility index (Phi) is 4.41. The van der Waals surface area contributed by atoms with Crippen molar-refractivity contribution >= 4 is 11.5 Å². The molecule has 0 aliphatic rings. The van der Waals surface area contributed by atoms with Crippen LogP contribution in [0.2, 0.25) is 0 Å². The van der Waals surface area contributed by atoms with Crippen LogP contribution >= 0.6 is 0 Å². The van der Waals surface area contributed by atoms with E-state index in [0.29, 0.717) is 11.3 Å². The van der Waals surface area contributed by atoms with Crippen LogP contribution in [0.25, 0.3) is 0 Å². The van der Waals surface area contributed by atoms with Gasteiger partial charge in [-0.25, -0.2) is 0 Å². The van der Waals surface area contributed by atoms with E-state index in [1.54, 1.807) is 19.1 Å². The van der Waals surface area contributed by atoms with Crippen LogP contribution in [0.5, 0.6) is 5.75 Å². The Morgan fingerprint density at radius 3 is 2.40 bits per heavy atom. The number of nitrogens with zero attached hydrogens (tertiary/aromatic N) is 1. The molecule has 2 aromatic carbocycles. The van der Waals surface area contributed by atoms with Crippen molar-refractivity contribution in [2.75, 3.05) is 19.0 Å². The quantitative estimate of drug-likeness (QED) is 0.779. The van der Waals surface area contributed by atoms with Crippen molar-refractivity contribution in [3.8, 4) is 5.75 Å². The summed E-state index contributed by atoms with van der Waals surface area (Å²) in [6.07, 6.45) is -0.505. The molecule has 0 aliphatic heterocycles. The molecule has 0 aliphatic carbocycles. The maximum absolute atomic E-state index is 12.2. The fourth-order valence-electron chi connectivity index (χ4n) is 1.93. The van der Waals surface area contributed by atoms with Gasteiger partial charge in [0.15, 0.2) is 6.10 Å². The first kappa shape index (κ1) is 14.1. The van der Waals surface area contributed by atoms with Gasteiger partial charge in [-0.15, -0.1) is 0 Å².